The summed E-state index contributed by atoms with van der Waals surface area (Å²) < 4.78 is 5.51. The minimum Gasteiger partial charge on any atom is -0.493 e. The number of hydrogen-bond acceptors (Lipinski definition) is 4. The van der Waals surface area contributed by atoms with Crippen LogP contribution in [0.3, 0.4) is 0 Å². The van der Waals surface area contributed by atoms with Crippen LogP contribution in [0.15, 0.2) is 42.7 Å². The zero-order valence-corrected chi connectivity index (χ0v) is 11.4. The third kappa shape index (κ3) is 4.35. The van der Waals surface area contributed by atoms with E-state index in [4.69, 9.17) is 4.74 Å². The highest BCUT2D eigenvalue weighted by Crippen LogP contribution is 2.12. The minimum absolute atomic E-state index is 0.165. The van der Waals surface area contributed by atoms with Gasteiger partial charge in [0.05, 0.1) is 13.0 Å². The molecule has 5 heteroatoms. The molecular weight excluding hydrogens is 254 g/mol. The summed E-state index contributed by atoms with van der Waals surface area (Å²) in [6.45, 7) is 2.43. The fourth-order valence-electron chi connectivity index (χ4n) is 1.63. The van der Waals surface area contributed by atoms with Gasteiger partial charge in [-0.2, -0.15) is 0 Å². The molecule has 2 rings (SSSR count). The van der Waals surface area contributed by atoms with Gasteiger partial charge >= 0.3 is 0 Å². The SMILES string of the molecule is CCc1ccc(OCCC(=O)Nc2ncccn2)cc1. The molecule has 0 saturated carbocycles. The van der Waals surface area contributed by atoms with Gasteiger partial charge in [0, 0.05) is 12.4 Å². The largest absolute Gasteiger partial charge is 0.493 e. The van der Waals surface area contributed by atoms with E-state index in [1.54, 1.807) is 18.5 Å². The highest BCUT2D eigenvalue weighted by Gasteiger charge is 2.04. The molecule has 1 amide bonds. The van der Waals surface area contributed by atoms with Crippen molar-refractivity contribution in [1.82, 2.24) is 9.97 Å². The summed E-state index contributed by atoms with van der Waals surface area (Å²) in [6, 6.07) is 9.56. The van der Waals surface area contributed by atoms with Crippen molar-refractivity contribution < 1.29 is 9.53 Å². The minimum atomic E-state index is -0.165. The molecule has 0 unspecified atom stereocenters. The zero-order chi connectivity index (χ0) is 14.2. The standard InChI is InChI=1S/C15H17N3O2/c1-2-12-4-6-13(7-5-12)20-11-8-14(19)18-15-16-9-3-10-17-15/h3-7,9-10H,2,8,11H2,1H3,(H,16,17,18,19). The number of aryl methyl sites for hydroxylation is 1. The second-order valence-corrected chi connectivity index (χ2v) is 4.22. The summed E-state index contributed by atoms with van der Waals surface area (Å²) in [5.74, 6) is 0.914. The van der Waals surface area contributed by atoms with E-state index in [0.717, 1.165) is 12.2 Å². The van der Waals surface area contributed by atoms with Gasteiger partial charge in [0.25, 0.3) is 0 Å². The molecule has 2 aromatic rings. The lowest BCUT2D eigenvalue weighted by Gasteiger charge is -2.07. The van der Waals surface area contributed by atoms with Crippen LogP contribution in [-0.4, -0.2) is 22.5 Å². The Kier molecular flexibility index (Phi) is 5.06. The molecule has 1 aromatic carbocycles. The molecule has 0 spiro atoms. The Labute approximate surface area is 118 Å². The lowest BCUT2D eigenvalue weighted by Crippen LogP contribution is -2.16. The van der Waals surface area contributed by atoms with Crippen LogP contribution < -0.4 is 10.1 Å². The number of anilines is 1. The second-order valence-electron chi connectivity index (χ2n) is 4.22. The van der Waals surface area contributed by atoms with Crippen molar-refractivity contribution in [2.24, 2.45) is 0 Å². The fourth-order valence-corrected chi connectivity index (χ4v) is 1.63. The molecule has 0 saturated heterocycles. The topological polar surface area (TPSA) is 64.1 Å². The Morgan fingerprint density at radius 3 is 2.55 bits per heavy atom. The van der Waals surface area contributed by atoms with Crippen molar-refractivity contribution >= 4 is 11.9 Å². The average Bonchev–Trinajstić information content (AvgIpc) is 2.49. The Morgan fingerprint density at radius 1 is 1.20 bits per heavy atom. The van der Waals surface area contributed by atoms with Crippen LogP contribution in [0.1, 0.15) is 18.9 Å². The van der Waals surface area contributed by atoms with E-state index in [9.17, 15) is 4.79 Å². The van der Waals surface area contributed by atoms with Crippen LogP contribution in [0.25, 0.3) is 0 Å². The maximum absolute atomic E-state index is 11.6. The molecule has 1 N–H and O–H groups in total. The monoisotopic (exact) mass is 271 g/mol. The maximum atomic E-state index is 11.6. The molecule has 1 heterocycles. The molecule has 0 aliphatic rings. The Bertz CT molecular complexity index is 541. The molecule has 0 bridgehead atoms. The lowest BCUT2D eigenvalue weighted by atomic mass is 10.2. The van der Waals surface area contributed by atoms with E-state index >= 15 is 0 Å². The first-order valence-corrected chi connectivity index (χ1v) is 6.56. The van der Waals surface area contributed by atoms with E-state index in [2.05, 4.69) is 22.2 Å². The van der Waals surface area contributed by atoms with Gasteiger partial charge in [0.15, 0.2) is 0 Å². The first-order valence-electron chi connectivity index (χ1n) is 6.56. The molecule has 20 heavy (non-hydrogen) atoms. The number of hydrogen-bond donors (Lipinski definition) is 1. The van der Waals surface area contributed by atoms with Crippen LogP contribution in [0.2, 0.25) is 0 Å². The van der Waals surface area contributed by atoms with E-state index in [-0.39, 0.29) is 12.3 Å². The van der Waals surface area contributed by atoms with Crippen molar-refractivity contribution in [2.75, 3.05) is 11.9 Å². The van der Waals surface area contributed by atoms with Gasteiger partial charge in [0.2, 0.25) is 11.9 Å². The van der Waals surface area contributed by atoms with Crippen molar-refractivity contribution in [3.05, 3.63) is 48.3 Å². The summed E-state index contributed by atoms with van der Waals surface area (Å²) >= 11 is 0. The van der Waals surface area contributed by atoms with Gasteiger partial charge in [0.1, 0.15) is 5.75 Å². The first kappa shape index (κ1) is 14.0. The number of carbonyl (C=O) groups excluding carboxylic acids is 1. The van der Waals surface area contributed by atoms with E-state index in [0.29, 0.717) is 12.6 Å². The number of ether oxygens (including phenoxy) is 1. The van der Waals surface area contributed by atoms with Crippen LogP contribution in [0, 0.1) is 0 Å². The first-order chi connectivity index (χ1) is 9.78. The van der Waals surface area contributed by atoms with Gasteiger partial charge in [-0.3, -0.25) is 10.1 Å². The zero-order valence-electron chi connectivity index (χ0n) is 11.4. The van der Waals surface area contributed by atoms with Crippen LogP contribution in [0.5, 0.6) is 5.75 Å². The molecule has 1 aromatic heterocycles. The summed E-state index contributed by atoms with van der Waals surface area (Å²) in [7, 11) is 0. The predicted molar refractivity (Wildman–Crippen MR) is 76.6 cm³/mol. The van der Waals surface area contributed by atoms with E-state index < -0.39 is 0 Å². The molecule has 0 radical (unpaired) electrons. The fraction of sp³-hybridized carbons (Fsp3) is 0.267. The highest BCUT2D eigenvalue weighted by molar-refractivity contribution is 5.88. The Balaban J connectivity index is 1.73. The van der Waals surface area contributed by atoms with Gasteiger partial charge in [-0.15, -0.1) is 0 Å². The van der Waals surface area contributed by atoms with Crippen molar-refractivity contribution in [2.45, 2.75) is 19.8 Å². The molecule has 5 nitrogen and oxygen atoms in total. The van der Waals surface area contributed by atoms with Crippen LogP contribution in [-0.2, 0) is 11.2 Å². The lowest BCUT2D eigenvalue weighted by molar-refractivity contribution is -0.116. The number of amides is 1. The third-order valence-electron chi connectivity index (χ3n) is 2.75. The van der Waals surface area contributed by atoms with Crippen LogP contribution in [0.4, 0.5) is 5.95 Å². The van der Waals surface area contributed by atoms with Gasteiger partial charge < -0.3 is 4.74 Å². The number of carbonyl (C=O) groups is 1. The smallest absolute Gasteiger partial charge is 0.230 e. The van der Waals surface area contributed by atoms with Gasteiger partial charge in [-0.1, -0.05) is 19.1 Å². The van der Waals surface area contributed by atoms with E-state index in [1.165, 1.54) is 5.56 Å². The van der Waals surface area contributed by atoms with Gasteiger partial charge in [-0.05, 0) is 30.2 Å². The molecule has 0 fully saturated rings. The summed E-state index contributed by atoms with van der Waals surface area (Å²) in [6.07, 6.45) is 4.41. The summed E-state index contributed by atoms with van der Waals surface area (Å²) in [5.41, 5.74) is 1.26. The van der Waals surface area contributed by atoms with Crippen molar-refractivity contribution in [3.63, 3.8) is 0 Å². The Hall–Kier alpha value is -2.43. The number of aromatic nitrogens is 2. The molecule has 0 aliphatic heterocycles. The number of benzene rings is 1. The van der Waals surface area contributed by atoms with Crippen molar-refractivity contribution in [3.8, 4) is 5.75 Å². The second kappa shape index (κ2) is 7.23. The molecule has 0 aliphatic carbocycles. The van der Waals surface area contributed by atoms with Crippen molar-refractivity contribution in [1.29, 1.82) is 0 Å². The van der Waals surface area contributed by atoms with E-state index in [1.807, 2.05) is 24.3 Å². The molecule has 0 atom stereocenters. The third-order valence-corrected chi connectivity index (χ3v) is 2.75. The maximum Gasteiger partial charge on any atom is 0.230 e. The number of nitrogens with zero attached hydrogens (tertiary/aromatic N) is 2. The summed E-state index contributed by atoms with van der Waals surface area (Å²) in [4.78, 5) is 19.5. The normalized spacial score (nSPS) is 10.1. The molecule has 104 valence electrons. The average molecular weight is 271 g/mol. The Morgan fingerprint density at radius 2 is 1.90 bits per heavy atom. The number of rotatable bonds is 6. The summed E-state index contributed by atoms with van der Waals surface area (Å²) in [5, 5.41) is 2.61. The number of nitrogens with one attached hydrogen (secondary N) is 1. The predicted octanol–water partition coefficient (Wildman–Crippen LogP) is 2.45. The van der Waals surface area contributed by atoms with Crippen LogP contribution >= 0.6 is 0 Å². The molecular formula is C15H17N3O2. The highest BCUT2D eigenvalue weighted by atomic mass is 16.5. The van der Waals surface area contributed by atoms with Gasteiger partial charge in [-0.25, -0.2) is 9.97 Å². The quantitative estimate of drug-likeness (QED) is 0.876.